The molecule has 0 unspecified atom stereocenters. The SMILES string of the molecule is C=CC(=O)O.C=CC(=O)O.O. The summed E-state index contributed by atoms with van der Waals surface area (Å²) in [4.78, 5) is 18.5. The van der Waals surface area contributed by atoms with E-state index in [1.165, 1.54) is 0 Å². The molecule has 0 heterocycles. The van der Waals surface area contributed by atoms with Crippen LogP contribution in [0.5, 0.6) is 0 Å². The van der Waals surface area contributed by atoms with Crippen LogP contribution in [0.2, 0.25) is 0 Å². The molecule has 0 amide bonds. The zero-order chi connectivity index (χ0) is 8.57. The molecule has 5 heteroatoms. The number of aliphatic carboxylic acids is 2. The minimum absolute atomic E-state index is 0. The molecule has 0 aromatic heterocycles. The minimum Gasteiger partial charge on any atom is -0.478 e. The van der Waals surface area contributed by atoms with Gasteiger partial charge in [-0.2, -0.15) is 0 Å². The van der Waals surface area contributed by atoms with Gasteiger partial charge in [0, 0.05) is 12.2 Å². The summed E-state index contributed by atoms with van der Waals surface area (Å²) in [7, 11) is 0. The first-order valence-electron chi connectivity index (χ1n) is 2.25. The largest absolute Gasteiger partial charge is 0.478 e. The third-order valence-corrected chi connectivity index (χ3v) is 0.349. The van der Waals surface area contributed by atoms with Crippen molar-refractivity contribution in [2.45, 2.75) is 0 Å². The Morgan fingerprint density at radius 2 is 1.09 bits per heavy atom. The lowest BCUT2D eigenvalue weighted by molar-refractivity contribution is -0.132. The maximum Gasteiger partial charge on any atom is 0.327 e. The number of carboxylic acid groups (broad SMARTS) is 2. The maximum atomic E-state index is 9.25. The Kier molecular flexibility index (Phi) is 16.5. The van der Waals surface area contributed by atoms with Gasteiger partial charge >= 0.3 is 11.9 Å². The van der Waals surface area contributed by atoms with E-state index in [9.17, 15) is 9.59 Å². The van der Waals surface area contributed by atoms with Crippen LogP contribution in [0.4, 0.5) is 0 Å². The van der Waals surface area contributed by atoms with Gasteiger partial charge in [0.05, 0.1) is 0 Å². The summed E-state index contributed by atoms with van der Waals surface area (Å²) in [6.45, 7) is 5.92. The number of carbonyl (C=O) groups is 2. The van der Waals surface area contributed by atoms with Crippen LogP contribution in [0, 0.1) is 0 Å². The van der Waals surface area contributed by atoms with Crippen LogP contribution in [0.1, 0.15) is 0 Å². The van der Waals surface area contributed by atoms with Crippen molar-refractivity contribution in [1.82, 2.24) is 0 Å². The van der Waals surface area contributed by atoms with Crippen LogP contribution in [-0.2, 0) is 9.59 Å². The molecule has 64 valence electrons. The smallest absolute Gasteiger partial charge is 0.327 e. The molecule has 5 nitrogen and oxygen atoms in total. The topological polar surface area (TPSA) is 106 Å². The summed E-state index contributed by atoms with van der Waals surface area (Å²) >= 11 is 0. The van der Waals surface area contributed by atoms with Gasteiger partial charge in [-0.05, 0) is 0 Å². The first kappa shape index (κ1) is 16.2. The van der Waals surface area contributed by atoms with Crippen molar-refractivity contribution in [3.63, 3.8) is 0 Å². The Balaban J connectivity index is -0.000000107. The molecule has 4 N–H and O–H groups in total. The molecule has 0 aliphatic heterocycles. The van der Waals surface area contributed by atoms with Crippen LogP contribution in [0.25, 0.3) is 0 Å². The molecular formula is C6H10O5. The van der Waals surface area contributed by atoms with Gasteiger partial charge in [-0.1, -0.05) is 13.2 Å². The fourth-order valence-electron chi connectivity index (χ4n) is 0. The zero-order valence-corrected chi connectivity index (χ0v) is 5.78. The zero-order valence-electron chi connectivity index (χ0n) is 5.78. The fourth-order valence-corrected chi connectivity index (χ4v) is 0. The number of hydrogen-bond acceptors (Lipinski definition) is 2. The first-order chi connectivity index (χ1) is 4.54. The van der Waals surface area contributed by atoms with Crippen molar-refractivity contribution in [3.8, 4) is 0 Å². The Morgan fingerprint density at radius 1 is 1.00 bits per heavy atom. The van der Waals surface area contributed by atoms with Crippen molar-refractivity contribution in [1.29, 1.82) is 0 Å². The summed E-state index contributed by atoms with van der Waals surface area (Å²) in [5.74, 6) is -1.96. The van der Waals surface area contributed by atoms with Crippen LogP contribution >= 0.6 is 0 Å². The molecule has 0 bridgehead atoms. The number of carboxylic acids is 2. The molecule has 0 saturated carbocycles. The first-order valence-corrected chi connectivity index (χ1v) is 2.25. The Labute approximate surface area is 63.6 Å². The highest BCUT2D eigenvalue weighted by Crippen LogP contribution is 1.55. The van der Waals surface area contributed by atoms with Gasteiger partial charge in [0.15, 0.2) is 0 Å². The number of rotatable bonds is 2. The fraction of sp³-hybridized carbons (Fsp3) is 0. The van der Waals surface area contributed by atoms with Crippen LogP contribution in [0.15, 0.2) is 25.3 Å². The summed E-state index contributed by atoms with van der Waals surface area (Å²) in [5.41, 5.74) is 0. The van der Waals surface area contributed by atoms with Crippen molar-refractivity contribution >= 4 is 11.9 Å². The van der Waals surface area contributed by atoms with Crippen LogP contribution in [0.3, 0.4) is 0 Å². The molecular weight excluding hydrogens is 152 g/mol. The Bertz CT molecular complexity index is 131. The lowest BCUT2D eigenvalue weighted by Gasteiger charge is -1.64. The lowest BCUT2D eigenvalue weighted by atomic mass is 10.7. The summed E-state index contributed by atoms with van der Waals surface area (Å²) in [6.07, 6.45) is 1.67. The second-order valence-corrected chi connectivity index (χ2v) is 1.08. The van der Waals surface area contributed by atoms with Crippen molar-refractivity contribution in [3.05, 3.63) is 25.3 Å². The predicted molar refractivity (Wildman–Crippen MR) is 39.3 cm³/mol. The van der Waals surface area contributed by atoms with Crippen LogP contribution < -0.4 is 0 Å². The van der Waals surface area contributed by atoms with E-state index in [0.717, 1.165) is 12.2 Å². The molecule has 0 spiro atoms. The second-order valence-electron chi connectivity index (χ2n) is 1.08. The molecule has 0 aliphatic carbocycles. The summed E-state index contributed by atoms with van der Waals surface area (Å²) < 4.78 is 0. The molecule has 0 saturated heterocycles. The third kappa shape index (κ3) is 60.2. The molecule has 0 fully saturated rings. The second kappa shape index (κ2) is 11.2. The van der Waals surface area contributed by atoms with Gasteiger partial charge in [-0.25, -0.2) is 9.59 Å². The Hall–Kier alpha value is -1.62. The van der Waals surface area contributed by atoms with Gasteiger partial charge in [-0.3, -0.25) is 0 Å². The van der Waals surface area contributed by atoms with Crippen molar-refractivity contribution in [2.24, 2.45) is 0 Å². The van der Waals surface area contributed by atoms with Crippen molar-refractivity contribution < 1.29 is 25.3 Å². The third-order valence-electron chi connectivity index (χ3n) is 0.349. The highest BCUT2D eigenvalue weighted by Gasteiger charge is 1.73. The molecule has 0 radical (unpaired) electrons. The van der Waals surface area contributed by atoms with Crippen molar-refractivity contribution in [2.75, 3.05) is 0 Å². The van der Waals surface area contributed by atoms with Gasteiger partial charge in [-0.15, -0.1) is 0 Å². The van der Waals surface area contributed by atoms with Crippen LogP contribution in [-0.4, -0.2) is 27.6 Å². The monoisotopic (exact) mass is 162 g/mol. The lowest BCUT2D eigenvalue weighted by Crippen LogP contribution is -1.82. The van der Waals surface area contributed by atoms with Gasteiger partial charge in [0.2, 0.25) is 0 Å². The molecule has 0 rings (SSSR count). The quantitative estimate of drug-likeness (QED) is 0.543. The van der Waals surface area contributed by atoms with E-state index in [4.69, 9.17) is 10.2 Å². The Morgan fingerprint density at radius 3 is 1.09 bits per heavy atom. The minimum atomic E-state index is -0.981. The van der Waals surface area contributed by atoms with E-state index in [2.05, 4.69) is 13.2 Å². The van der Waals surface area contributed by atoms with Gasteiger partial charge < -0.3 is 15.7 Å². The molecule has 11 heavy (non-hydrogen) atoms. The average molecular weight is 162 g/mol. The van der Waals surface area contributed by atoms with E-state index >= 15 is 0 Å². The molecule has 0 aromatic carbocycles. The van der Waals surface area contributed by atoms with E-state index in [1.54, 1.807) is 0 Å². The maximum absolute atomic E-state index is 9.25. The average Bonchev–Trinajstić information content (AvgIpc) is 1.89. The molecule has 0 atom stereocenters. The normalized spacial score (nSPS) is 5.82. The predicted octanol–water partition coefficient (Wildman–Crippen LogP) is -0.311. The molecule has 0 aliphatic rings. The summed E-state index contributed by atoms with van der Waals surface area (Å²) in [5, 5.41) is 15.2. The van der Waals surface area contributed by atoms with E-state index < -0.39 is 11.9 Å². The highest BCUT2D eigenvalue weighted by molar-refractivity contribution is 5.79. The van der Waals surface area contributed by atoms with Gasteiger partial charge in [0.25, 0.3) is 0 Å². The highest BCUT2D eigenvalue weighted by atomic mass is 16.4. The van der Waals surface area contributed by atoms with E-state index in [1.807, 2.05) is 0 Å². The summed E-state index contributed by atoms with van der Waals surface area (Å²) in [6, 6.07) is 0. The molecule has 0 aromatic rings. The van der Waals surface area contributed by atoms with Gasteiger partial charge in [0.1, 0.15) is 0 Å². The van der Waals surface area contributed by atoms with E-state index in [0.29, 0.717) is 0 Å². The van der Waals surface area contributed by atoms with E-state index in [-0.39, 0.29) is 5.48 Å². The standard InChI is InChI=1S/2C3H4O2.H2O/c2*1-2-3(4)5;/h2*2H,1H2,(H,4,5);1H2. The number of hydrogen-bond donors (Lipinski definition) is 2.